The number of hydrogen-bond donors (Lipinski definition) is 1. The third kappa shape index (κ3) is 4.05. The summed E-state index contributed by atoms with van der Waals surface area (Å²) < 4.78 is 0. The van der Waals surface area contributed by atoms with Gasteiger partial charge in [-0.25, -0.2) is 0 Å². The van der Waals surface area contributed by atoms with Gasteiger partial charge in [-0.05, 0) is 57.0 Å². The number of nitrogens with two attached hydrogens (primary N) is 1. The Bertz CT molecular complexity index is 1080. The quantitative estimate of drug-likeness (QED) is 0.473. The average Bonchev–Trinajstić information content (AvgIpc) is 2.66. The van der Waals surface area contributed by atoms with Crippen molar-refractivity contribution in [3.8, 4) is 0 Å². The van der Waals surface area contributed by atoms with E-state index in [4.69, 9.17) is 5.73 Å². The predicted octanol–water partition coefficient (Wildman–Crippen LogP) is 4.01. The maximum absolute atomic E-state index is 12.6. The third-order valence-corrected chi connectivity index (χ3v) is 5.04. The number of rotatable bonds is 4. The summed E-state index contributed by atoms with van der Waals surface area (Å²) in [7, 11) is 0. The average molecular weight is 404 g/mol. The summed E-state index contributed by atoms with van der Waals surface area (Å²) in [4.78, 5) is 38.0. The molecule has 2 aromatic rings. The summed E-state index contributed by atoms with van der Waals surface area (Å²) in [5, 5.41) is 8.27. The number of ketones is 1. The van der Waals surface area contributed by atoms with E-state index < -0.39 is 11.4 Å². The molecule has 0 radical (unpaired) electrons. The van der Waals surface area contributed by atoms with Crippen molar-refractivity contribution < 1.29 is 14.4 Å². The molecule has 0 fully saturated rings. The standard InChI is InChI=1S/C23H24N4O3/c1-14(28)16-9-11-18(12-10-16)25-26-20(22(24)30)21-19-8-6-5-7-17(19)13-23(3,4)27(21)15(2)29/h5-12H,13H2,1-4H3,(H2,24,30). The SMILES string of the molecule is CC(=O)c1ccc(N=NC(C(N)=O)=C2c3ccccc3CC(C)(C)N2C(C)=O)cc1. The molecule has 2 aromatic carbocycles. The van der Waals surface area contributed by atoms with Crippen LogP contribution in [0.25, 0.3) is 5.70 Å². The van der Waals surface area contributed by atoms with Crippen LogP contribution in [-0.4, -0.2) is 28.0 Å². The van der Waals surface area contributed by atoms with Crippen molar-refractivity contribution in [2.45, 2.75) is 39.7 Å². The lowest BCUT2D eigenvalue weighted by molar-refractivity contribution is -0.129. The molecule has 7 heteroatoms. The lowest BCUT2D eigenvalue weighted by Crippen LogP contribution is -2.50. The molecule has 0 aliphatic carbocycles. The second kappa shape index (κ2) is 8.02. The Kier molecular flexibility index (Phi) is 5.64. The summed E-state index contributed by atoms with van der Waals surface area (Å²) in [6.45, 7) is 6.79. The van der Waals surface area contributed by atoms with Gasteiger partial charge in [0.25, 0.3) is 5.91 Å². The van der Waals surface area contributed by atoms with Crippen molar-refractivity contribution in [1.29, 1.82) is 0 Å². The Morgan fingerprint density at radius 2 is 1.63 bits per heavy atom. The number of Topliss-reactive ketones (excluding diaryl/α,β-unsaturated/α-hetero) is 1. The molecule has 1 aliphatic rings. The Morgan fingerprint density at radius 1 is 1.00 bits per heavy atom. The Labute approximate surface area is 175 Å². The molecule has 154 valence electrons. The van der Waals surface area contributed by atoms with E-state index in [-0.39, 0.29) is 17.4 Å². The molecule has 2 N–H and O–H groups in total. The fourth-order valence-electron chi connectivity index (χ4n) is 3.77. The fourth-order valence-corrected chi connectivity index (χ4v) is 3.77. The molecular weight excluding hydrogens is 380 g/mol. The van der Waals surface area contributed by atoms with Crippen molar-refractivity contribution in [2.75, 3.05) is 0 Å². The van der Waals surface area contributed by atoms with Crippen LogP contribution in [0.15, 0.2) is 64.5 Å². The molecule has 3 rings (SSSR count). The number of fused-ring (bicyclic) bond motifs is 1. The molecule has 0 atom stereocenters. The maximum atomic E-state index is 12.6. The van der Waals surface area contributed by atoms with Gasteiger partial charge in [-0.2, -0.15) is 5.11 Å². The number of benzene rings is 2. The van der Waals surface area contributed by atoms with Gasteiger partial charge in [-0.3, -0.25) is 14.4 Å². The highest BCUT2D eigenvalue weighted by Crippen LogP contribution is 2.40. The van der Waals surface area contributed by atoms with Gasteiger partial charge in [-0.15, -0.1) is 5.11 Å². The first-order valence-corrected chi connectivity index (χ1v) is 9.57. The van der Waals surface area contributed by atoms with Crippen LogP contribution in [-0.2, 0) is 16.0 Å². The van der Waals surface area contributed by atoms with Gasteiger partial charge in [0.2, 0.25) is 5.91 Å². The highest BCUT2D eigenvalue weighted by atomic mass is 16.2. The Balaban J connectivity index is 2.19. The summed E-state index contributed by atoms with van der Waals surface area (Å²) in [5.74, 6) is -1.06. The number of amides is 2. The number of primary amides is 1. The van der Waals surface area contributed by atoms with Gasteiger partial charge in [0, 0.05) is 23.6 Å². The number of carbonyl (C=O) groups is 3. The topological polar surface area (TPSA) is 105 Å². The van der Waals surface area contributed by atoms with E-state index in [1.807, 2.05) is 38.1 Å². The summed E-state index contributed by atoms with van der Waals surface area (Å²) >= 11 is 0. The summed E-state index contributed by atoms with van der Waals surface area (Å²) in [5.41, 5.74) is 8.08. The lowest BCUT2D eigenvalue weighted by Gasteiger charge is -2.44. The van der Waals surface area contributed by atoms with Crippen LogP contribution in [0.1, 0.15) is 49.2 Å². The molecule has 30 heavy (non-hydrogen) atoms. The van der Waals surface area contributed by atoms with E-state index in [9.17, 15) is 14.4 Å². The monoisotopic (exact) mass is 404 g/mol. The molecule has 0 unspecified atom stereocenters. The largest absolute Gasteiger partial charge is 0.364 e. The number of nitrogens with zero attached hydrogens (tertiary/aromatic N) is 3. The van der Waals surface area contributed by atoms with Crippen molar-refractivity contribution in [1.82, 2.24) is 4.90 Å². The van der Waals surface area contributed by atoms with E-state index >= 15 is 0 Å². The van der Waals surface area contributed by atoms with Crippen LogP contribution in [0, 0.1) is 0 Å². The first-order chi connectivity index (χ1) is 14.1. The number of hydrogen-bond acceptors (Lipinski definition) is 5. The van der Waals surface area contributed by atoms with Crippen LogP contribution in [0.4, 0.5) is 5.69 Å². The van der Waals surface area contributed by atoms with Crippen LogP contribution in [0.5, 0.6) is 0 Å². The second-order valence-electron chi connectivity index (χ2n) is 7.87. The van der Waals surface area contributed by atoms with Crippen molar-refractivity contribution in [3.05, 3.63) is 70.9 Å². The van der Waals surface area contributed by atoms with Crippen molar-refractivity contribution >= 4 is 29.0 Å². The Morgan fingerprint density at radius 3 is 2.20 bits per heavy atom. The molecule has 1 aliphatic heterocycles. The normalized spacial score (nSPS) is 16.9. The zero-order chi connectivity index (χ0) is 22.1. The smallest absolute Gasteiger partial charge is 0.271 e. The van der Waals surface area contributed by atoms with E-state index in [1.54, 1.807) is 29.2 Å². The minimum atomic E-state index is -0.784. The van der Waals surface area contributed by atoms with E-state index in [2.05, 4.69) is 10.2 Å². The third-order valence-electron chi connectivity index (χ3n) is 5.04. The minimum absolute atomic E-state index is 0.0587. The molecule has 7 nitrogen and oxygen atoms in total. The van der Waals surface area contributed by atoms with Gasteiger partial charge >= 0.3 is 0 Å². The molecule has 0 bridgehead atoms. The molecule has 1 heterocycles. The summed E-state index contributed by atoms with van der Waals surface area (Å²) in [6, 6.07) is 14.1. The molecule has 0 saturated carbocycles. The maximum Gasteiger partial charge on any atom is 0.271 e. The van der Waals surface area contributed by atoms with Gasteiger partial charge < -0.3 is 10.6 Å². The molecule has 0 aromatic heterocycles. The van der Waals surface area contributed by atoms with Crippen molar-refractivity contribution in [2.24, 2.45) is 16.0 Å². The highest BCUT2D eigenvalue weighted by Gasteiger charge is 2.40. The summed E-state index contributed by atoms with van der Waals surface area (Å²) in [6.07, 6.45) is 0.627. The van der Waals surface area contributed by atoms with Crippen molar-refractivity contribution in [3.63, 3.8) is 0 Å². The van der Waals surface area contributed by atoms with Gasteiger partial charge in [0.15, 0.2) is 11.5 Å². The molecule has 0 spiro atoms. The fraction of sp³-hybridized carbons (Fsp3) is 0.261. The van der Waals surface area contributed by atoms with E-state index in [0.717, 1.165) is 11.1 Å². The minimum Gasteiger partial charge on any atom is -0.364 e. The highest BCUT2D eigenvalue weighted by molar-refractivity contribution is 6.03. The predicted molar refractivity (Wildman–Crippen MR) is 114 cm³/mol. The van der Waals surface area contributed by atoms with Gasteiger partial charge in [0.1, 0.15) is 0 Å². The molecule has 2 amide bonds. The number of carbonyl (C=O) groups excluding carboxylic acids is 3. The molecule has 0 saturated heterocycles. The first kappa shape index (κ1) is 21.1. The zero-order valence-corrected chi connectivity index (χ0v) is 17.5. The van der Waals surface area contributed by atoms with Crippen LogP contribution >= 0.6 is 0 Å². The second-order valence-corrected chi connectivity index (χ2v) is 7.87. The van der Waals surface area contributed by atoms with Crippen LogP contribution in [0.2, 0.25) is 0 Å². The Hall–Kier alpha value is -3.61. The first-order valence-electron chi connectivity index (χ1n) is 9.57. The van der Waals surface area contributed by atoms with E-state index in [0.29, 0.717) is 23.4 Å². The van der Waals surface area contributed by atoms with Crippen LogP contribution in [0.3, 0.4) is 0 Å². The van der Waals surface area contributed by atoms with Crippen LogP contribution < -0.4 is 5.73 Å². The lowest BCUT2D eigenvalue weighted by atomic mass is 9.83. The number of azo groups is 1. The zero-order valence-electron chi connectivity index (χ0n) is 17.5. The molecular formula is C23H24N4O3. The van der Waals surface area contributed by atoms with Gasteiger partial charge in [-0.1, -0.05) is 24.3 Å². The van der Waals surface area contributed by atoms with E-state index in [1.165, 1.54) is 13.8 Å². The van der Waals surface area contributed by atoms with Gasteiger partial charge in [0.05, 0.1) is 11.4 Å².